The Balaban J connectivity index is 0.000000283. The van der Waals surface area contributed by atoms with Gasteiger partial charge in [-0.25, -0.2) is 0 Å². The lowest BCUT2D eigenvalue weighted by Crippen LogP contribution is -2.51. The summed E-state index contributed by atoms with van der Waals surface area (Å²) < 4.78 is 85.4. The molecule has 16 heteroatoms. The Hall–Kier alpha value is -6.06. The number of hydrogen-bond acceptors (Lipinski definition) is 8. The van der Waals surface area contributed by atoms with Crippen LogP contribution >= 0.6 is 0 Å². The summed E-state index contributed by atoms with van der Waals surface area (Å²) in [6.07, 6.45) is -8.02. The summed E-state index contributed by atoms with van der Waals surface area (Å²) in [6, 6.07) is 29.3. The Morgan fingerprint density at radius 3 is 1.82 bits per heavy atom. The Bertz CT molecular complexity index is 1880. The van der Waals surface area contributed by atoms with Crippen molar-refractivity contribution in [1.29, 1.82) is 0 Å². The fourth-order valence-electron chi connectivity index (χ4n) is 5.60. The van der Waals surface area contributed by atoms with Gasteiger partial charge in [0, 0.05) is 17.7 Å². The molecule has 266 valence electrons. The Morgan fingerprint density at radius 1 is 0.824 bits per heavy atom. The van der Waals surface area contributed by atoms with E-state index in [1.165, 1.54) is 36.4 Å². The molecule has 0 aliphatic carbocycles. The van der Waals surface area contributed by atoms with Crippen LogP contribution < -0.4 is 15.2 Å². The van der Waals surface area contributed by atoms with E-state index in [0.29, 0.717) is 24.1 Å². The largest absolute Gasteiger partial charge is 0.573 e. The normalized spacial score (nSPS) is 14.7. The van der Waals surface area contributed by atoms with Crippen LogP contribution in [0, 0.1) is 0 Å². The molecule has 0 spiro atoms. The highest BCUT2D eigenvalue weighted by Crippen LogP contribution is 2.41. The first-order valence-corrected chi connectivity index (χ1v) is 15.2. The van der Waals surface area contributed by atoms with Gasteiger partial charge in [-0.1, -0.05) is 71.0 Å². The van der Waals surface area contributed by atoms with Gasteiger partial charge >= 0.3 is 12.7 Å². The maximum Gasteiger partial charge on any atom is 0.573 e. The van der Waals surface area contributed by atoms with E-state index in [9.17, 15) is 31.1 Å². The highest BCUT2D eigenvalue weighted by molar-refractivity contribution is 5.97. The summed E-state index contributed by atoms with van der Waals surface area (Å²) in [5, 5.41) is 14.9. The van der Waals surface area contributed by atoms with Crippen LogP contribution in [-0.4, -0.2) is 51.3 Å². The first kappa shape index (κ1) is 36.2. The number of aromatic nitrogens is 2. The van der Waals surface area contributed by atoms with E-state index in [1.807, 2.05) is 60.7 Å². The summed E-state index contributed by atoms with van der Waals surface area (Å²) >= 11 is 0. The van der Waals surface area contributed by atoms with Crippen LogP contribution in [0.15, 0.2) is 119 Å². The second-order valence-corrected chi connectivity index (χ2v) is 11.1. The van der Waals surface area contributed by atoms with Crippen LogP contribution in [0.25, 0.3) is 11.4 Å². The minimum absolute atomic E-state index is 0.0421. The number of amidine groups is 1. The zero-order chi connectivity index (χ0) is 36.6. The van der Waals surface area contributed by atoms with Gasteiger partial charge in [0.2, 0.25) is 17.6 Å². The van der Waals surface area contributed by atoms with Gasteiger partial charge in [0.25, 0.3) is 0 Å². The Kier molecular flexibility index (Phi) is 10.8. The van der Waals surface area contributed by atoms with Crippen LogP contribution in [0.5, 0.6) is 11.5 Å². The molecule has 0 radical (unpaired) electrons. The fraction of sp³-hybridized carbons (Fsp3) is 0.200. The van der Waals surface area contributed by atoms with Gasteiger partial charge in [0.05, 0.1) is 5.41 Å². The summed E-state index contributed by atoms with van der Waals surface area (Å²) in [6.45, 7) is 0.671. The smallest absolute Gasteiger partial charge is 0.409 e. The molecule has 10 nitrogen and oxygen atoms in total. The number of carbonyl (C=O) groups is 1. The van der Waals surface area contributed by atoms with E-state index in [0.717, 1.165) is 29.7 Å². The molecule has 51 heavy (non-hydrogen) atoms. The first-order valence-electron chi connectivity index (χ1n) is 15.2. The van der Waals surface area contributed by atoms with Crippen molar-refractivity contribution in [3.63, 3.8) is 0 Å². The lowest BCUT2D eigenvalue weighted by atomic mass is 9.68. The average molecular weight is 714 g/mol. The number of likely N-dealkylation sites (tertiary alicyclic amines) is 1. The van der Waals surface area contributed by atoms with E-state index in [2.05, 4.69) is 24.8 Å². The number of ether oxygens (including phenoxy) is 2. The zero-order valence-electron chi connectivity index (χ0n) is 26.4. The SMILES string of the molecule is NC(=NO)c1ccc(OC(F)(F)F)cc1.O=C1N(Cc2nc(-c3ccc(OC(F)(F)F)cc3)no2)CCCC1(c1ccccc1)c1ccccc1. The first-order chi connectivity index (χ1) is 24.3. The number of alkyl halides is 6. The molecule has 0 atom stereocenters. The van der Waals surface area contributed by atoms with Gasteiger partial charge in [-0.2, -0.15) is 4.98 Å². The number of halogens is 6. The van der Waals surface area contributed by atoms with Crippen molar-refractivity contribution in [2.45, 2.75) is 37.5 Å². The van der Waals surface area contributed by atoms with Gasteiger partial charge < -0.3 is 29.8 Å². The summed E-state index contributed by atoms with van der Waals surface area (Å²) in [5.41, 5.74) is 7.01. The number of rotatable bonds is 8. The third kappa shape index (κ3) is 9.14. The van der Waals surface area contributed by atoms with E-state index in [-0.39, 0.29) is 41.5 Å². The van der Waals surface area contributed by atoms with Crippen molar-refractivity contribution >= 4 is 11.7 Å². The molecular weight excluding hydrogens is 684 g/mol. The fourth-order valence-corrected chi connectivity index (χ4v) is 5.60. The van der Waals surface area contributed by atoms with E-state index in [1.54, 1.807) is 4.90 Å². The monoisotopic (exact) mass is 713 g/mol. The van der Waals surface area contributed by atoms with Crippen molar-refractivity contribution in [2.75, 3.05) is 6.54 Å². The number of nitrogens with two attached hydrogens (primary N) is 1. The van der Waals surface area contributed by atoms with Crippen LogP contribution in [0.2, 0.25) is 0 Å². The van der Waals surface area contributed by atoms with Crippen LogP contribution in [0.4, 0.5) is 26.3 Å². The molecule has 0 unspecified atom stereocenters. The number of nitrogens with zero attached hydrogens (tertiary/aromatic N) is 4. The second kappa shape index (κ2) is 15.2. The second-order valence-electron chi connectivity index (χ2n) is 11.1. The molecule has 1 fully saturated rings. The molecule has 4 aromatic carbocycles. The van der Waals surface area contributed by atoms with Crippen molar-refractivity contribution in [3.05, 3.63) is 132 Å². The molecule has 2 heterocycles. The van der Waals surface area contributed by atoms with Crippen molar-refractivity contribution in [2.24, 2.45) is 10.9 Å². The minimum Gasteiger partial charge on any atom is -0.409 e. The lowest BCUT2D eigenvalue weighted by Gasteiger charge is -2.42. The Labute approximate surface area is 286 Å². The number of oxime groups is 1. The molecule has 5 aromatic rings. The number of amides is 1. The molecule has 1 saturated heterocycles. The quantitative estimate of drug-likeness (QED) is 0.0558. The highest BCUT2D eigenvalue weighted by Gasteiger charge is 2.47. The average Bonchev–Trinajstić information content (AvgIpc) is 3.58. The maximum absolute atomic E-state index is 14.0. The van der Waals surface area contributed by atoms with Gasteiger partial charge in [-0.3, -0.25) is 4.79 Å². The predicted octanol–water partition coefficient (Wildman–Crippen LogP) is 7.42. The lowest BCUT2D eigenvalue weighted by molar-refractivity contribution is -0.275. The molecule has 0 bridgehead atoms. The predicted molar refractivity (Wildman–Crippen MR) is 170 cm³/mol. The Morgan fingerprint density at radius 2 is 1.33 bits per heavy atom. The van der Waals surface area contributed by atoms with Gasteiger partial charge in [-0.05, 0) is 72.5 Å². The third-order valence-corrected chi connectivity index (χ3v) is 7.80. The van der Waals surface area contributed by atoms with Crippen LogP contribution in [-0.2, 0) is 16.8 Å². The number of benzene rings is 4. The molecule has 3 N–H and O–H groups in total. The van der Waals surface area contributed by atoms with E-state index < -0.39 is 18.1 Å². The van der Waals surface area contributed by atoms with Gasteiger partial charge in [-0.15, -0.1) is 26.3 Å². The zero-order valence-corrected chi connectivity index (χ0v) is 26.4. The molecule has 1 aliphatic heterocycles. The molecule has 1 aromatic heterocycles. The summed E-state index contributed by atoms with van der Waals surface area (Å²) in [4.78, 5) is 20.1. The number of hydrogen-bond donors (Lipinski definition) is 2. The maximum atomic E-state index is 14.0. The standard InChI is InChI=1S/C27H22F3N3O3.C8H7F3N2O2/c28-27(29,30)35-22-14-12-19(13-15-22)24-31-23(36-32-24)18-33-17-7-16-26(25(33)34,20-8-3-1-4-9-20)21-10-5-2-6-11-21;9-8(10,11)15-6-3-1-5(2-4-6)7(12)13-14/h1-6,8-15H,7,16-18H2;1-4,14H,(H2,12,13). The van der Waals surface area contributed by atoms with Gasteiger partial charge in [0.1, 0.15) is 18.0 Å². The molecule has 1 aliphatic rings. The molecule has 1 amide bonds. The molecule has 0 saturated carbocycles. The number of carbonyl (C=O) groups excluding carboxylic acids is 1. The van der Waals surface area contributed by atoms with Crippen molar-refractivity contribution in [1.82, 2.24) is 15.0 Å². The minimum atomic E-state index is -4.77. The molecule has 6 rings (SSSR count). The summed E-state index contributed by atoms with van der Waals surface area (Å²) in [7, 11) is 0. The van der Waals surface area contributed by atoms with Crippen LogP contribution in [0.3, 0.4) is 0 Å². The van der Waals surface area contributed by atoms with Crippen molar-refractivity contribution < 1.29 is 50.3 Å². The highest BCUT2D eigenvalue weighted by atomic mass is 19.4. The van der Waals surface area contributed by atoms with E-state index in [4.69, 9.17) is 15.5 Å². The van der Waals surface area contributed by atoms with E-state index >= 15 is 0 Å². The van der Waals surface area contributed by atoms with Gasteiger partial charge in [0.15, 0.2) is 5.84 Å². The molecular formula is C35H29F6N5O5. The van der Waals surface area contributed by atoms with Crippen molar-refractivity contribution in [3.8, 4) is 22.9 Å². The summed E-state index contributed by atoms with van der Waals surface area (Å²) in [5.74, 6) is -0.478. The topological polar surface area (TPSA) is 136 Å². The van der Waals surface area contributed by atoms with Crippen LogP contribution in [0.1, 0.15) is 35.4 Å². The third-order valence-electron chi connectivity index (χ3n) is 7.80. The number of piperidine rings is 1.